The maximum atomic E-state index is 5.91. The van der Waals surface area contributed by atoms with Crippen molar-refractivity contribution in [3.05, 3.63) is 24.0 Å². The molecule has 76 valence electrons. The fraction of sp³-hybridized carbons (Fsp3) is 0.545. The lowest BCUT2D eigenvalue weighted by molar-refractivity contribution is 0.364. The van der Waals surface area contributed by atoms with Crippen molar-refractivity contribution in [2.45, 2.75) is 19.3 Å². The summed E-state index contributed by atoms with van der Waals surface area (Å²) in [7, 11) is 0. The Balaban J connectivity index is 2.18. The van der Waals surface area contributed by atoms with Crippen LogP contribution in [0.3, 0.4) is 0 Å². The summed E-state index contributed by atoms with van der Waals surface area (Å²) in [5.41, 5.74) is 7.98. The van der Waals surface area contributed by atoms with Crippen LogP contribution in [-0.2, 0) is 0 Å². The highest BCUT2D eigenvalue weighted by Gasteiger charge is 2.21. The van der Waals surface area contributed by atoms with E-state index in [9.17, 15) is 0 Å². The van der Waals surface area contributed by atoms with E-state index in [0.717, 1.165) is 24.7 Å². The van der Waals surface area contributed by atoms with Gasteiger partial charge in [-0.3, -0.25) is 4.98 Å². The van der Waals surface area contributed by atoms with Crippen molar-refractivity contribution in [1.29, 1.82) is 0 Å². The highest BCUT2D eigenvalue weighted by molar-refractivity contribution is 5.46. The number of aromatic nitrogens is 1. The van der Waals surface area contributed by atoms with Gasteiger partial charge in [0, 0.05) is 12.7 Å². The third kappa shape index (κ3) is 1.87. The Bertz CT molecular complexity index is 311. The fourth-order valence-corrected chi connectivity index (χ4v) is 2.18. The molecule has 0 radical (unpaired) electrons. The van der Waals surface area contributed by atoms with Crippen molar-refractivity contribution in [3.63, 3.8) is 0 Å². The number of nitrogens with zero attached hydrogens (tertiary/aromatic N) is 1. The first kappa shape index (κ1) is 9.46. The predicted molar refractivity (Wildman–Crippen MR) is 58.0 cm³/mol. The molecule has 0 bridgehead atoms. The zero-order chi connectivity index (χ0) is 9.97. The van der Waals surface area contributed by atoms with Gasteiger partial charge in [0.05, 0.1) is 11.9 Å². The van der Waals surface area contributed by atoms with Crippen LogP contribution >= 0.6 is 0 Å². The summed E-state index contributed by atoms with van der Waals surface area (Å²) in [6.45, 7) is 4.44. The first-order valence-corrected chi connectivity index (χ1v) is 5.17. The third-order valence-corrected chi connectivity index (χ3v) is 2.90. The Hall–Kier alpha value is -1.09. The number of hydrogen-bond acceptors (Lipinski definition) is 3. The summed E-state index contributed by atoms with van der Waals surface area (Å²) < 4.78 is 0. The van der Waals surface area contributed by atoms with Gasteiger partial charge in [0.25, 0.3) is 0 Å². The smallest absolute Gasteiger partial charge is 0.0536 e. The molecule has 0 aromatic carbocycles. The fourth-order valence-electron chi connectivity index (χ4n) is 2.18. The maximum absolute atomic E-state index is 5.91. The number of nitrogen functional groups attached to an aromatic ring is 1. The molecule has 2 heterocycles. The summed E-state index contributed by atoms with van der Waals surface area (Å²) in [4.78, 5) is 4.01. The molecular weight excluding hydrogens is 174 g/mol. The van der Waals surface area contributed by atoms with E-state index in [1.54, 1.807) is 6.20 Å². The van der Waals surface area contributed by atoms with Crippen LogP contribution in [0.25, 0.3) is 0 Å². The van der Waals surface area contributed by atoms with Crippen LogP contribution in [0.4, 0.5) is 5.69 Å². The molecule has 1 aliphatic rings. The molecular formula is C11H17N3. The number of hydrogen-bond donors (Lipinski definition) is 2. The third-order valence-electron chi connectivity index (χ3n) is 2.90. The molecule has 14 heavy (non-hydrogen) atoms. The van der Waals surface area contributed by atoms with Crippen LogP contribution in [0.2, 0.25) is 0 Å². The quantitative estimate of drug-likeness (QED) is 0.705. The van der Waals surface area contributed by atoms with E-state index in [-0.39, 0.29) is 0 Å². The Morgan fingerprint density at radius 1 is 1.50 bits per heavy atom. The van der Waals surface area contributed by atoms with Gasteiger partial charge < -0.3 is 11.1 Å². The van der Waals surface area contributed by atoms with E-state index in [2.05, 4.69) is 17.2 Å². The number of pyridine rings is 1. The highest BCUT2D eigenvalue weighted by atomic mass is 14.9. The van der Waals surface area contributed by atoms with Gasteiger partial charge in [0.15, 0.2) is 0 Å². The second-order valence-electron chi connectivity index (χ2n) is 4.20. The van der Waals surface area contributed by atoms with Crippen molar-refractivity contribution < 1.29 is 0 Å². The molecule has 1 unspecified atom stereocenters. The van der Waals surface area contributed by atoms with Gasteiger partial charge >= 0.3 is 0 Å². The van der Waals surface area contributed by atoms with Crippen LogP contribution in [0.15, 0.2) is 18.5 Å². The SMILES string of the molecule is C[C@@H]1CNCC(c2ccncc2N)C1. The molecule has 1 aliphatic heterocycles. The van der Waals surface area contributed by atoms with E-state index in [1.807, 2.05) is 12.3 Å². The maximum Gasteiger partial charge on any atom is 0.0536 e. The molecule has 2 atom stereocenters. The number of rotatable bonds is 1. The van der Waals surface area contributed by atoms with Crippen molar-refractivity contribution in [3.8, 4) is 0 Å². The number of nitrogens with two attached hydrogens (primary N) is 1. The van der Waals surface area contributed by atoms with E-state index in [1.165, 1.54) is 12.0 Å². The highest BCUT2D eigenvalue weighted by Crippen LogP contribution is 2.29. The van der Waals surface area contributed by atoms with Crippen LogP contribution in [0.1, 0.15) is 24.8 Å². The lowest BCUT2D eigenvalue weighted by Gasteiger charge is -2.28. The molecule has 3 nitrogen and oxygen atoms in total. The van der Waals surface area contributed by atoms with Gasteiger partial charge in [0.2, 0.25) is 0 Å². The monoisotopic (exact) mass is 191 g/mol. The van der Waals surface area contributed by atoms with Crippen molar-refractivity contribution >= 4 is 5.69 Å². The van der Waals surface area contributed by atoms with Gasteiger partial charge in [-0.05, 0) is 36.4 Å². The number of nitrogens with one attached hydrogen (secondary N) is 1. The van der Waals surface area contributed by atoms with E-state index >= 15 is 0 Å². The van der Waals surface area contributed by atoms with Gasteiger partial charge in [0.1, 0.15) is 0 Å². The minimum absolute atomic E-state index is 0.557. The summed E-state index contributed by atoms with van der Waals surface area (Å²) in [6, 6.07) is 2.04. The minimum atomic E-state index is 0.557. The average molecular weight is 191 g/mol. The molecule has 0 saturated carbocycles. The van der Waals surface area contributed by atoms with Crippen LogP contribution in [0.5, 0.6) is 0 Å². The van der Waals surface area contributed by atoms with Crippen LogP contribution < -0.4 is 11.1 Å². The molecule has 1 aromatic rings. The number of piperidine rings is 1. The van der Waals surface area contributed by atoms with Gasteiger partial charge in [-0.1, -0.05) is 6.92 Å². The molecule has 0 amide bonds. The predicted octanol–water partition coefficient (Wildman–Crippen LogP) is 1.38. The Kier molecular flexibility index (Phi) is 2.68. The zero-order valence-corrected chi connectivity index (χ0v) is 8.53. The molecule has 2 rings (SSSR count). The van der Waals surface area contributed by atoms with Gasteiger partial charge in [-0.15, -0.1) is 0 Å². The molecule has 0 spiro atoms. The van der Waals surface area contributed by atoms with Crippen molar-refractivity contribution in [2.24, 2.45) is 5.92 Å². The average Bonchev–Trinajstić information content (AvgIpc) is 2.18. The summed E-state index contributed by atoms with van der Waals surface area (Å²) >= 11 is 0. The van der Waals surface area contributed by atoms with E-state index < -0.39 is 0 Å². The van der Waals surface area contributed by atoms with Gasteiger partial charge in [-0.25, -0.2) is 0 Å². The zero-order valence-electron chi connectivity index (χ0n) is 8.53. The minimum Gasteiger partial charge on any atom is -0.397 e. The normalized spacial score (nSPS) is 27.5. The first-order chi connectivity index (χ1) is 6.77. The molecule has 3 N–H and O–H groups in total. The Labute approximate surface area is 84.7 Å². The Morgan fingerprint density at radius 2 is 2.36 bits per heavy atom. The second kappa shape index (κ2) is 3.96. The molecule has 1 fully saturated rings. The van der Waals surface area contributed by atoms with Crippen LogP contribution in [0, 0.1) is 5.92 Å². The Morgan fingerprint density at radius 3 is 3.07 bits per heavy atom. The van der Waals surface area contributed by atoms with Crippen molar-refractivity contribution in [1.82, 2.24) is 10.3 Å². The first-order valence-electron chi connectivity index (χ1n) is 5.17. The van der Waals surface area contributed by atoms with Crippen LogP contribution in [-0.4, -0.2) is 18.1 Å². The molecule has 0 aliphatic carbocycles. The summed E-state index contributed by atoms with van der Waals surface area (Å²) in [6.07, 6.45) is 4.79. The van der Waals surface area contributed by atoms with E-state index in [4.69, 9.17) is 5.73 Å². The molecule has 1 saturated heterocycles. The topological polar surface area (TPSA) is 50.9 Å². The number of anilines is 1. The largest absolute Gasteiger partial charge is 0.397 e. The summed E-state index contributed by atoms with van der Waals surface area (Å²) in [5.74, 6) is 1.29. The van der Waals surface area contributed by atoms with E-state index in [0.29, 0.717) is 5.92 Å². The standard InChI is InChI=1S/C11H17N3/c1-8-4-9(6-14-5-8)10-2-3-13-7-11(10)12/h2-3,7-9,14H,4-6,12H2,1H3/t8-,9?/m0/s1. The molecule has 3 heteroatoms. The second-order valence-corrected chi connectivity index (χ2v) is 4.20. The lowest BCUT2D eigenvalue weighted by atomic mass is 9.86. The van der Waals surface area contributed by atoms with Gasteiger partial charge in [-0.2, -0.15) is 0 Å². The van der Waals surface area contributed by atoms with Crippen molar-refractivity contribution in [2.75, 3.05) is 18.8 Å². The summed E-state index contributed by atoms with van der Waals surface area (Å²) in [5, 5.41) is 3.43. The lowest BCUT2D eigenvalue weighted by Crippen LogP contribution is -2.34. The molecule has 1 aromatic heterocycles.